The maximum Gasteiger partial charge on any atom is 0.348 e. The summed E-state index contributed by atoms with van der Waals surface area (Å²) in [6.45, 7) is 8.65. The van der Waals surface area contributed by atoms with Gasteiger partial charge in [0.25, 0.3) is 6.43 Å². The number of aryl methyl sites for hydroxylation is 1. The quantitative estimate of drug-likeness (QED) is 0.459. The number of ether oxygens (including phenoxy) is 1. The second-order valence-corrected chi connectivity index (χ2v) is 8.51. The Morgan fingerprint density at radius 1 is 1.18 bits per heavy atom. The highest BCUT2D eigenvalue weighted by Gasteiger charge is 2.22. The lowest BCUT2D eigenvalue weighted by Gasteiger charge is -2.16. The molecule has 1 aromatic carbocycles. The normalized spacial score (nSPS) is 11.9. The summed E-state index contributed by atoms with van der Waals surface area (Å²) in [6.07, 6.45) is -2.68. The first-order chi connectivity index (χ1) is 13.2. The van der Waals surface area contributed by atoms with Crippen LogP contribution in [0.25, 0.3) is 10.2 Å². The molecule has 0 fully saturated rings. The van der Waals surface area contributed by atoms with Crippen LogP contribution in [0, 0.1) is 0 Å². The molecular weight excluding hydrogens is 382 g/mol. The van der Waals surface area contributed by atoms with Gasteiger partial charge in [0.1, 0.15) is 22.0 Å². The van der Waals surface area contributed by atoms with Crippen molar-refractivity contribution < 1.29 is 18.3 Å². The number of halogens is 2. The number of nitrogens with zero attached hydrogens (tertiary/aromatic N) is 2. The van der Waals surface area contributed by atoms with Gasteiger partial charge in [-0.15, -0.1) is 11.3 Å². The molecule has 2 aromatic heterocycles. The van der Waals surface area contributed by atoms with Crippen molar-refractivity contribution >= 4 is 27.5 Å². The summed E-state index contributed by atoms with van der Waals surface area (Å²) in [5.74, 6) is 0.214. The van der Waals surface area contributed by atoms with Gasteiger partial charge in [-0.1, -0.05) is 45.9 Å². The Bertz CT molecular complexity index is 1010. The zero-order valence-corrected chi connectivity index (χ0v) is 17.4. The first kappa shape index (κ1) is 20.5. The molecule has 2 heterocycles. The highest BCUT2D eigenvalue weighted by atomic mass is 32.1. The van der Waals surface area contributed by atoms with Crippen LogP contribution < -0.4 is 0 Å². The van der Waals surface area contributed by atoms with Crippen LogP contribution in [0.3, 0.4) is 0 Å². The lowest BCUT2D eigenvalue weighted by atomic mass is 9.92. The van der Waals surface area contributed by atoms with Gasteiger partial charge in [-0.3, -0.25) is 4.68 Å². The highest BCUT2D eigenvalue weighted by molar-refractivity contribution is 7.20. The summed E-state index contributed by atoms with van der Waals surface area (Å²) in [7, 11) is 1.59. The van der Waals surface area contributed by atoms with Crippen molar-refractivity contribution in [1.29, 1.82) is 0 Å². The van der Waals surface area contributed by atoms with Crippen LogP contribution in [0.5, 0.6) is 0 Å². The number of hydrogen-bond donors (Lipinski definition) is 0. The third-order valence-electron chi connectivity index (χ3n) is 4.77. The molecule has 0 aliphatic heterocycles. The van der Waals surface area contributed by atoms with E-state index >= 15 is 0 Å². The monoisotopic (exact) mass is 406 g/mol. The molecule has 0 unspecified atom stereocenters. The lowest BCUT2D eigenvalue weighted by molar-refractivity contribution is 0.0477. The van der Waals surface area contributed by atoms with E-state index in [2.05, 4.69) is 44.9 Å². The lowest BCUT2D eigenvalue weighted by Crippen LogP contribution is -2.06. The summed E-state index contributed by atoms with van der Waals surface area (Å²) >= 11 is 1.11. The highest BCUT2D eigenvalue weighted by Crippen LogP contribution is 2.33. The van der Waals surface area contributed by atoms with Crippen LogP contribution in [0.2, 0.25) is 0 Å². The molecule has 0 bridgehead atoms. The average molecular weight is 406 g/mol. The van der Waals surface area contributed by atoms with E-state index in [1.165, 1.54) is 16.3 Å². The number of alkyl halides is 2. The van der Waals surface area contributed by atoms with Gasteiger partial charge in [0, 0.05) is 12.4 Å². The SMILES string of the molecule is CC(C)c1ccc(COC(=O)c2cc3c(C(F)F)nn(C)c3s2)c(C(C)C)c1. The van der Waals surface area contributed by atoms with Gasteiger partial charge >= 0.3 is 5.97 Å². The minimum Gasteiger partial charge on any atom is -0.457 e. The number of carbonyl (C=O) groups excluding carboxylic acids is 1. The summed E-state index contributed by atoms with van der Waals surface area (Å²) in [6, 6.07) is 7.67. The Labute approximate surface area is 167 Å². The Hall–Kier alpha value is -2.28. The fraction of sp³-hybridized carbons (Fsp3) is 0.429. The number of fused-ring (bicyclic) bond motifs is 1. The molecule has 0 aliphatic rings. The number of rotatable bonds is 6. The van der Waals surface area contributed by atoms with Gasteiger partial charge in [-0.25, -0.2) is 13.6 Å². The van der Waals surface area contributed by atoms with Crippen molar-refractivity contribution in [1.82, 2.24) is 9.78 Å². The molecular formula is C21H24F2N2O2S. The third-order valence-corrected chi connectivity index (χ3v) is 5.95. The van der Waals surface area contributed by atoms with Gasteiger partial charge in [-0.2, -0.15) is 5.10 Å². The molecule has 4 nitrogen and oxygen atoms in total. The topological polar surface area (TPSA) is 44.1 Å². The van der Waals surface area contributed by atoms with Crippen molar-refractivity contribution in [3.8, 4) is 0 Å². The fourth-order valence-electron chi connectivity index (χ4n) is 3.18. The predicted octanol–water partition coefficient (Wildman–Crippen LogP) is 6.18. The maximum atomic E-state index is 13.1. The van der Waals surface area contributed by atoms with Crippen LogP contribution in [-0.4, -0.2) is 15.7 Å². The van der Waals surface area contributed by atoms with Crippen molar-refractivity contribution in [3.05, 3.63) is 51.5 Å². The molecule has 7 heteroatoms. The smallest absolute Gasteiger partial charge is 0.348 e. The molecule has 0 saturated heterocycles. The van der Waals surface area contributed by atoms with E-state index in [1.54, 1.807) is 7.05 Å². The molecule has 0 N–H and O–H groups in total. The summed E-state index contributed by atoms with van der Waals surface area (Å²) in [4.78, 5) is 13.3. The Morgan fingerprint density at radius 2 is 1.89 bits per heavy atom. The second kappa shape index (κ2) is 7.99. The number of thiophene rings is 1. The summed E-state index contributed by atoms with van der Waals surface area (Å²) in [5.41, 5.74) is 3.05. The standard InChI is InChI=1S/C21H24F2N2O2S/c1-11(2)13-6-7-14(15(8-13)12(3)4)10-27-21(26)17-9-16-18(19(22)23)24-25(5)20(16)28-17/h6-9,11-12,19H,10H2,1-5H3. The van der Waals surface area contributed by atoms with Crippen molar-refractivity contribution in [2.24, 2.45) is 7.05 Å². The Morgan fingerprint density at radius 3 is 2.50 bits per heavy atom. The predicted molar refractivity (Wildman–Crippen MR) is 107 cm³/mol. The van der Waals surface area contributed by atoms with Crippen LogP contribution >= 0.6 is 11.3 Å². The second-order valence-electron chi connectivity index (χ2n) is 7.48. The number of benzene rings is 1. The first-order valence-corrected chi connectivity index (χ1v) is 10.0. The molecule has 28 heavy (non-hydrogen) atoms. The van der Waals surface area contributed by atoms with E-state index in [0.717, 1.165) is 22.5 Å². The number of aromatic nitrogens is 2. The van der Waals surface area contributed by atoms with Gasteiger partial charge in [-0.05, 0) is 34.6 Å². The summed E-state index contributed by atoms with van der Waals surface area (Å²) in [5, 5.41) is 4.13. The minimum atomic E-state index is -2.68. The number of carbonyl (C=O) groups is 1. The van der Waals surface area contributed by atoms with E-state index in [0.29, 0.717) is 26.9 Å². The largest absolute Gasteiger partial charge is 0.457 e. The van der Waals surface area contributed by atoms with Gasteiger partial charge in [0.2, 0.25) is 0 Å². The molecule has 0 radical (unpaired) electrons. The zero-order valence-electron chi connectivity index (χ0n) is 16.6. The average Bonchev–Trinajstić information content (AvgIpc) is 3.20. The first-order valence-electron chi connectivity index (χ1n) is 9.23. The van der Waals surface area contributed by atoms with E-state index in [1.807, 2.05) is 6.07 Å². The number of esters is 1. The molecule has 0 aliphatic carbocycles. The van der Waals surface area contributed by atoms with Gasteiger partial charge in [0.05, 0.1) is 0 Å². The van der Waals surface area contributed by atoms with Crippen molar-refractivity contribution in [3.63, 3.8) is 0 Å². The van der Waals surface area contributed by atoms with Crippen LogP contribution in [0.1, 0.15) is 78.0 Å². The van der Waals surface area contributed by atoms with Crippen molar-refractivity contribution in [2.75, 3.05) is 0 Å². The summed E-state index contributed by atoms with van der Waals surface area (Å²) < 4.78 is 33.1. The molecule has 0 atom stereocenters. The van der Waals surface area contributed by atoms with Crippen LogP contribution in [-0.2, 0) is 18.4 Å². The van der Waals surface area contributed by atoms with Gasteiger partial charge in [0.15, 0.2) is 0 Å². The molecule has 3 rings (SSSR count). The van der Waals surface area contributed by atoms with E-state index < -0.39 is 12.4 Å². The van der Waals surface area contributed by atoms with E-state index in [9.17, 15) is 13.6 Å². The van der Waals surface area contributed by atoms with E-state index in [-0.39, 0.29) is 12.3 Å². The van der Waals surface area contributed by atoms with E-state index in [4.69, 9.17) is 4.74 Å². The zero-order chi connectivity index (χ0) is 20.6. The van der Waals surface area contributed by atoms with Gasteiger partial charge < -0.3 is 4.74 Å². The molecule has 0 spiro atoms. The van der Waals surface area contributed by atoms with Crippen molar-refractivity contribution in [2.45, 2.75) is 52.6 Å². The fourth-order valence-corrected chi connectivity index (χ4v) is 4.16. The number of hydrogen-bond acceptors (Lipinski definition) is 4. The molecule has 0 amide bonds. The molecule has 3 aromatic rings. The molecule has 0 saturated carbocycles. The Kier molecular flexibility index (Phi) is 5.84. The minimum absolute atomic E-state index is 0.152. The molecule has 150 valence electrons. The Balaban J connectivity index is 1.81. The van der Waals surface area contributed by atoms with Crippen LogP contribution in [0.4, 0.5) is 8.78 Å². The van der Waals surface area contributed by atoms with Crippen LogP contribution in [0.15, 0.2) is 24.3 Å². The third kappa shape index (κ3) is 3.94. The maximum absolute atomic E-state index is 13.1.